The fraction of sp³-hybridized carbons (Fsp3) is 0.400. The van der Waals surface area contributed by atoms with Crippen molar-refractivity contribution in [3.63, 3.8) is 0 Å². The molecule has 1 aliphatic heterocycles. The van der Waals surface area contributed by atoms with E-state index in [2.05, 4.69) is 5.43 Å². The number of sulfone groups is 1. The van der Waals surface area contributed by atoms with Gasteiger partial charge in [-0.05, 0) is 24.1 Å². The Bertz CT molecular complexity index is 482. The number of hydrogen-bond acceptors (Lipinski definition) is 4. The SMILES string of the molecule is CN1NCCc2ccc(S(C)(=O)=O)cc21. The molecule has 0 aromatic heterocycles. The van der Waals surface area contributed by atoms with E-state index in [1.165, 1.54) is 11.8 Å². The Balaban J connectivity index is 2.53. The summed E-state index contributed by atoms with van der Waals surface area (Å²) in [4.78, 5) is 0.372. The lowest BCUT2D eigenvalue weighted by Gasteiger charge is -2.28. The van der Waals surface area contributed by atoms with E-state index < -0.39 is 9.84 Å². The molecule has 0 radical (unpaired) electrons. The van der Waals surface area contributed by atoms with E-state index in [0.29, 0.717) is 4.90 Å². The molecule has 2 rings (SSSR count). The van der Waals surface area contributed by atoms with Crippen LogP contribution in [0.5, 0.6) is 0 Å². The molecule has 0 fully saturated rings. The van der Waals surface area contributed by atoms with Crippen LogP contribution in [0.25, 0.3) is 0 Å². The molecule has 0 bridgehead atoms. The minimum Gasteiger partial charge on any atom is -0.311 e. The lowest BCUT2D eigenvalue weighted by molar-refractivity contribution is 0.601. The van der Waals surface area contributed by atoms with Crippen LogP contribution in [0.2, 0.25) is 0 Å². The molecule has 4 nitrogen and oxygen atoms in total. The van der Waals surface area contributed by atoms with Crippen molar-refractivity contribution in [3.8, 4) is 0 Å². The molecule has 0 aliphatic carbocycles. The molecule has 1 aromatic carbocycles. The summed E-state index contributed by atoms with van der Waals surface area (Å²) < 4.78 is 22.8. The number of rotatable bonds is 1. The van der Waals surface area contributed by atoms with Gasteiger partial charge in [0.25, 0.3) is 0 Å². The first kappa shape index (κ1) is 10.4. The second-order valence-electron chi connectivity index (χ2n) is 3.78. The van der Waals surface area contributed by atoms with Crippen LogP contribution in [0.15, 0.2) is 23.1 Å². The fourth-order valence-corrected chi connectivity index (χ4v) is 2.38. The summed E-state index contributed by atoms with van der Waals surface area (Å²) in [5, 5.41) is 1.87. The molecule has 15 heavy (non-hydrogen) atoms. The molecule has 5 heteroatoms. The number of nitrogens with zero attached hydrogens (tertiary/aromatic N) is 1. The molecule has 1 aromatic rings. The van der Waals surface area contributed by atoms with E-state index >= 15 is 0 Å². The van der Waals surface area contributed by atoms with Crippen LogP contribution in [0.4, 0.5) is 5.69 Å². The Hall–Kier alpha value is -1.07. The number of hydrogen-bond donors (Lipinski definition) is 1. The highest BCUT2D eigenvalue weighted by Gasteiger charge is 2.16. The van der Waals surface area contributed by atoms with Crippen LogP contribution in [0.3, 0.4) is 0 Å². The largest absolute Gasteiger partial charge is 0.311 e. The van der Waals surface area contributed by atoms with Gasteiger partial charge in [-0.25, -0.2) is 13.8 Å². The van der Waals surface area contributed by atoms with Gasteiger partial charge in [0.15, 0.2) is 9.84 Å². The Morgan fingerprint density at radius 1 is 1.40 bits per heavy atom. The molecule has 0 spiro atoms. The maximum absolute atomic E-state index is 11.4. The monoisotopic (exact) mass is 226 g/mol. The number of benzene rings is 1. The van der Waals surface area contributed by atoms with Crippen molar-refractivity contribution >= 4 is 15.5 Å². The summed E-state index contributed by atoms with van der Waals surface area (Å²) in [5.74, 6) is 0. The third-order valence-electron chi connectivity index (χ3n) is 2.59. The number of fused-ring (bicyclic) bond motifs is 1. The number of anilines is 1. The van der Waals surface area contributed by atoms with Gasteiger partial charge in [-0.15, -0.1) is 0 Å². The van der Waals surface area contributed by atoms with Gasteiger partial charge < -0.3 is 5.01 Å². The van der Waals surface area contributed by atoms with Gasteiger partial charge in [0.2, 0.25) is 0 Å². The van der Waals surface area contributed by atoms with Crippen molar-refractivity contribution in [1.82, 2.24) is 5.43 Å². The molecular formula is C10H14N2O2S. The van der Waals surface area contributed by atoms with Crippen LogP contribution in [-0.4, -0.2) is 28.3 Å². The maximum atomic E-state index is 11.4. The van der Waals surface area contributed by atoms with Gasteiger partial charge in [0.05, 0.1) is 10.6 Å². The highest BCUT2D eigenvalue weighted by molar-refractivity contribution is 7.90. The summed E-state index contributed by atoms with van der Waals surface area (Å²) in [6.45, 7) is 0.891. The molecule has 1 aliphatic rings. The number of hydrazine groups is 1. The Labute approximate surface area is 89.8 Å². The topological polar surface area (TPSA) is 49.4 Å². The van der Waals surface area contributed by atoms with Crippen molar-refractivity contribution in [2.45, 2.75) is 11.3 Å². The smallest absolute Gasteiger partial charge is 0.175 e. The minimum atomic E-state index is -3.11. The van der Waals surface area contributed by atoms with Crippen LogP contribution >= 0.6 is 0 Å². The van der Waals surface area contributed by atoms with Crippen LogP contribution in [0, 0.1) is 0 Å². The standard InChI is InChI=1S/C10H14N2O2S/c1-12-10-7-9(15(2,13)14)4-3-8(10)5-6-11-12/h3-4,7,11H,5-6H2,1-2H3. The minimum absolute atomic E-state index is 0.372. The van der Waals surface area contributed by atoms with Crippen molar-refractivity contribution < 1.29 is 8.42 Å². The quantitative estimate of drug-likeness (QED) is 0.761. The molecule has 0 amide bonds. The Morgan fingerprint density at radius 3 is 2.80 bits per heavy atom. The van der Waals surface area contributed by atoms with Crippen molar-refractivity contribution in [2.24, 2.45) is 0 Å². The summed E-state index contributed by atoms with van der Waals surface area (Å²) in [5.41, 5.74) is 5.29. The lowest BCUT2D eigenvalue weighted by Crippen LogP contribution is -2.40. The molecule has 0 saturated heterocycles. The fourth-order valence-electron chi connectivity index (χ4n) is 1.74. The summed E-state index contributed by atoms with van der Waals surface area (Å²) in [6.07, 6.45) is 2.16. The summed E-state index contributed by atoms with van der Waals surface area (Å²) >= 11 is 0. The zero-order valence-corrected chi connectivity index (χ0v) is 9.63. The van der Waals surface area contributed by atoms with Crippen molar-refractivity contribution in [2.75, 3.05) is 24.9 Å². The van der Waals surface area contributed by atoms with Gasteiger partial charge in [0.1, 0.15) is 0 Å². The summed E-state index contributed by atoms with van der Waals surface area (Å²) in [6, 6.07) is 5.28. The second kappa shape index (κ2) is 3.50. The molecular weight excluding hydrogens is 212 g/mol. The van der Waals surface area contributed by atoms with Gasteiger partial charge in [-0.2, -0.15) is 0 Å². The second-order valence-corrected chi connectivity index (χ2v) is 5.80. The maximum Gasteiger partial charge on any atom is 0.175 e. The third kappa shape index (κ3) is 1.98. The highest BCUT2D eigenvalue weighted by Crippen LogP contribution is 2.25. The van der Waals surface area contributed by atoms with Gasteiger partial charge >= 0.3 is 0 Å². The summed E-state index contributed by atoms with van der Waals surface area (Å²) in [7, 11) is -1.22. The molecule has 0 saturated carbocycles. The Morgan fingerprint density at radius 2 is 2.13 bits per heavy atom. The number of nitrogens with one attached hydrogen (secondary N) is 1. The lowest BCUT2D eigenvalue weighted by atomic mass is 10.1. The third-order valence-corrected chi connectivity index (χ3v) is 3.70. The zero-order chi connectivity index (χ0) is 11.1. The van der Waals surface area contributed by atoms with Crippen LogP contribution < -0.4 is 10.4 Å². The predicted molar refractivity (Wildman–Crippen MR) is 59.7 cm³/mol. The molecule has 0 atom stereocenters. The molecule has 82 valence electrons. The van der Waals surface area contributed by atoms with Crippen LogP contribution in [-0.2, 0) is 16.3 Å². The zero-order valence-electron chi connectivity index (χ0n) is 8.82. The van der Waals surface area contributed by atoms with Crippen molar-refractivity contribution in [3.05, 3.63) is 23.8 Å². The van der Waals surface area contributed by atoms with E-state index in [-0.39, 0.29) is 0 Å². The van der Waals surface area contributed by atoms with Crippen LogP contribution in [0.1, 0.15) is 5.56 Å². The van der Waals surface area contributed by atoms with Gasteiger partial charge in [-0.1, -0.05) is 6.07 Å². The van der Waals surface area contributed by atoms with E-state index in [1.807, 2.05) is 18.1 Å². The first-order chi connectivity index (χ1) is 6.98. The first-order valence-corrected chi connectivity index (χ1v) is 6.68. The van der Waals surface area contributed by atoms with Crippen molar-refractivity contribution in [1.29, 1.82) is 0 Å². The molecule has 0 unspecified atom stereocenters. The predicted octanol–water partition coefficient (Wildman–Crippen LogP) is 0.587. The Kier molecular flexibility index (Phi) is 2.44. The van der Waals surface area contributed by atoms with E-state index in [4.69, 9.17) is 0 Å². The van der Waals surface area contributed by atoms with Gasteiger partial charge in [-0.3, -0.25) is 0 Å². The normalized spacial score (nSPS) is 16.3. The van der Waals surface area contributed by atoms with E-state index in [9.17, 15) is 8.42 Å². The average Bonchev–Trinajstić information content (AvgIpc) is 2.16. The van der Waals surface area contributed by atoms with Gasteiger partial charge in [0, 0.05) is 19.8 Å². The van der Waals surface area contributed by atoms with E-state index in [0.717, 1.165) is 18.7 Å². The average molecular weight is 226 g/mol. The van der Waals surface area contributed by atoms with E-state index in [1.54, 1.807) is 12.1 Å². The molecule has 1 N–H and O–H groups in total. The molecule has 1 heterocycles. The first-order valence-electron chi connectivity index (χ1n) is 4.79. The highest BCUT2D eigenvalue weighted by atomic mass is 32.2.